The fourth-order valence-electron chi connectivity index (χ4n) is 3.79. The van der Waals surface area contributed by atoms with Crippen LogP contribution >= 0.6 is 0 Å². The minimum Gasteiger partial charge on any atom is -0.508 e. The molecule has 1 aliphatic heterocycles. The predicted octanol–water partition coefficient (Wildman–Crippen LogP) is 0.939. The van der Waals surface area contributed by atoms with E-state index in [0.717, 1.165) is 31.5 Å². The van der Waals surface area contributed by atoms with Gasteiger partial charge in [-0.2, -0.15) is 0 Å². The fourth-order valence-corrected chi connectivity index (χ4v) is 3.79. The van der Waals surface area contributed by atoms with Gasteiger partial charge in [0, 0.05) is 32.4 Å². The maximum absolute atomic E-state index is 12.6. The van der Waals surface area contributed by atoms with E-state index < -0.39 is 66.5 Å². The maximum atomic E-state index is 12.6. The summed E-state index contributed by atoms with van der Waals surface area (Å²) in [6.45, 7) is 1.77. The van der Waals surface area contributed by atoms with E-state index in [4.69, 9.17) is 18.9 Å². The Morgan fingerprint density at radius 2 is 1.54 bits per heavy atom. The Morgan fingerprint density at radius 3 is 2.11 bits per heavy atom. The number of carbonyl (C=O) groups is 3. The van der Waals surface area contributed by atoms with Crippen LogP contribution in [-0.2, 0) is 30.2 Å². The summed E-state index contributed by atoms with van der Waals surface area (Å²) in [4.78, 5) is 35.3. The van der Waals surface area contributed by atoms with Crippen molar-refractivity contribution in [3.05, 3.63) is 47.5 Å². The lowest BCUT2D eigenvalue weighted by molar-refractivity contribution is -0.282. The van der Waals surface area contributed by atoms with E-state index in [1.807, 2.05) is 0 Å². The Balaban J connectivity index is 1.75. The van der Waals surface area contributed by atoms with Crippen LogP contribution in [0.3, 0.4) is 0 Å². The van der Waals surface area contributed by atoms with Gasteiger partial charge in [-0.1, -0.05) is 12.1 Å². The van der Waals surface area contributed by atoms with E-state index in [9.17, 15) is 39.9 Å². The average molecular weight is 520 g/mol. The van der Waals surface area contributed by atoms with Gasteiger partial charge in [-0.3, -0.25) is 14.4 Å². The van der Waals surface area contributed by atoms with Crippen LogP contribution < -0.4 is 4.74 Å². The Hall–Kier alpha value is -3.87. The monoisotopic (exact) mass is 520 g/mol. The van der Waals surface area contributed by atoms with Crippen molar-refractivity contribution in [3.63, 3.8) is 0 Å². The van der Waals surface area contributed by atoms with Gasteiger partial charge in [0.2, 0.25) is 6.29 Å². The third-order valence-electron chi connectivity index (χ3n) is 5.57. The molecule has 37 heavy (non-hydrogen) atoms. The number of phenols is 3. The van der Waals surface area contributed by atoms with E-state index in [1.54, 1.807) is 12.1 Å². The topological polar surface area (TPSA) is 189 Å². The lowest BCUT2D eigenvalue weighted by atomic mass is 9.98. The molecule has 0 radical (unpaired) electrons. The maximum Gasteiger partial charge on any atom is 0.303 e. The molecule has 2 aromatic carbocycles. The molecule has 5 N–H and O–H groups in total. The van der Waals surface area contributed by atoms with Gasteiger partial charge >= 0.3 is 11.9 Å². The second-order valence-electron chi connectivity index (χ2n) is 8.44. The number of benzene rings is 2. The number of carbonyl (C=O) groups excluding carboxylic acids is 3. The first-order valence-electron chi connectivity index (χ1n) is 11.3. The Kier molecular flexibility index (Phi) is 8.92. The first-order valence-corrected chi connectivity index (χ1v) is 11.3. The summed E-state index contributed by atoms with van der Waals surface area (Å²) in [5, 5.41) is 51.2. The normalized spacial score (nSPS) is 23.2. The molecule has 1 saturated heterocycles. The Labute approximate surface area is 211 Å². The summed E-state index contributed by atoms with van der Waals surface area (Å²) in [6, 6.07) is 8.29. The molecule has 0 spiro atoms. The van der Waals surface area contributed by atoms with Gasteiger partial charge in [0.05, 0.1) is 0 Å². The number of aromatic hydroxyl groups is 3. The van der Waals surface area contributed by atoms with Crippen molar-refractivity contribution >= 4 is 17.7 Å². The molecule has 0 aromatic heterocycles. The molecule has 0 aliphatic carbocycles. The molecular weight excluding hydrogens is 492 g/mol. The lowest BCUT2D eigenvalue weighted by Crippen LogP contribution is -2.61. The summed E-state index contributed by atoms with van der Waals surface area (Å²) in [5.41, 5.74) is 0.429. The quantitative estimate of drug-likeness (QED) is 0.233. The second kappa shape index (κ2) is 11.9. The molecule has 0 unspecified atom stereocenters. The minimum atomic E-state index is -1.71. The van der Waals surface area contributed by atoms with Crippen LogP contribution in [0.15, 0.2) is 36.4 Å². The smallest absolute Gasteiger partial charge is 0.303 e. The summed E-state index contributed by atoms with van der Waals surface area (Å²) >= 11 is 0. The highest BCUT2D eigenvalue weighted by molar-refractivity contribution is 6.01. The number of hydrogen-bond acceptors (Lipinski definition) is 12. The molecule has 5 atom stereocenters. The van der Waals surface area contributed by atoms with Crippen LogP contribution in [-0.4, -0.2) is 80.6 Å². The van der Waals surface area contributed by atoms with Gasteiger partial charge in [-0.05, 0) is 24.1 Å². The van der Waals surface area contributed by atoms with Crippen LogP contribution in [0.2, 0.25) is 0 Å². The van der Waals surface area contributed by atoms with E-state index in [0.29, 0.717) is 6.42 Å². The summed E-state index contributed by atoms with van der Waals surface area (Å²) in [7, 11) is 0. The highest BCUT2D eigenvalue weighted by atomic mass is 16.7. The van der Waals surface area contributed by atoms with E-state index in [-0.39, 0.29) is 23.5 Å². The SMILES string of the molecule is CC(=O)OC[C@H]1O[C@@H](Oc2cc(O)c(C(=O)CCc3ccc(O)cc3)c(O)c2)[C@H](O)[C@@H](OC(C)=O)[C@@H]1O. The number of esters is 2. The average Bonchev–Trinajstić information content (AvgIpc) is 2.81. The Morgan fingerprint density at radius 1 is 0.919 bits per heavy atom. The number of phenolic OH excluding ortho intramolecular Hbond substituents is 3. The third-order valence-corrected chi connectivity index (χ3v) is 5.57. The predicted molar refractivity (Wildman–Crippen MR) is 124 cm³/mol. The molecule has 3 rings (SSSR count). The number of aryl methyl sites for hydroxylation is 1. The van der Waals surface area contributed by atoms with Gasteiger partial charge in [-0.15, -0.1) is 0 Å². The molecular formula is C25H28O12. The van der Waals surface area contributed by atoms with Crippen LogP contribution in [0, 0.1) is 0 Å². The van der Waals surface area contributed by atoms with Crippen LogP contribution in [0.5, 0.6) is 23.0 Å². The number of aliphatic hydroxyl groups is 2. The second-order valence-corrected chi connectivity index (χ2v) is 8.44. The highest BCUT2D eigenvalue weighted by Crippen LogP contribution is 2.35. The van der Waals surface area contributed by atoms with E-state index in [2.05, 4.69) is 0 Å². The molecule has 1 heterocycles. The van der Waals surface area contributed by atoms with Crippen LogP contribution in [0.1, 0.15) is 36.2 Å². The van der Waals surface area contributed by atoms with Crippen LogP contribution in [0.25, 0.3) is 0 Å². The van der Waals surface area contributed by atoms with Crippen molar-refractivity contribution in [3.8, 4) is 23.0 Å². The summed E-state index contributed by atoms with van der Waals surface area (Å²) in [5.74, 6) is -3.33. The van der Waals surface area contributed by atoms with Crippen molar-refractivity contribution in [1.82, 2.24) is 0 Å². The number of aliphatic hydroxyl groups excluding tert-OH is 2. The van der Waals surface area contributed by atoms with Crippen molar-refractivity contribution in [2.75, 3.05) is 6.61 Å². The zero-order valence-corrected chi connectivity index (χ0v) is 20.1. The number of ether oxygens (including phenoxy) is 4. The molecule has 12 heteroatoms. The van der Waals surface area contributed by atoms with Crippen molar-refractivity contribution in [2.24, 2.45) is 0 Å². The van der Waals surface area contributed by atoms with Crippen molar-refractivity contribution in [1.29, 1.82) is 0 Å². The minimum absolute atomic E-state index is 0.0453. The standard InChI is InChI=1S/C25H28O12/c1-12(26)34-11-20-22(32)24(35-13(2)27)23(33)25(37-20)36-16-9-18(30)21(19(31)10-16)17(29)8-5-14-3-6-15(28)7-4-14/h3-4,6-7,9-10,20,22-25,28,30-33H,5,8,11H2,1-2H3/t20-,22-,23-,24+,25-/m1/s1. The van der Waals surface area contributed by atoms with Crippen LogP contribution in [0.4, 0.5) is 0 Å². The zero-order chi connectivity index (χ0) is 27.3. The zero-order valence-electron chi connectivity index (χ0n) is 20.1. The van der Waals surface area contributed by atoms with Crippen molar-refractivity contribution < 1.29 is 58.9 Å². The van der Waals surface area contributed by atoms with Gasteiger partial charge in [0.25, 0.3) is 0 Å². The van der Waals surface area contributed by atoms with Gasteiger partial charge in [0.1, 0.15) is 47.4 Å². The largest absolute Gasteiger partial charge is 0.508 e. The molecule has 2 aromatic rings. The molecule has 12 nitrogen and oxygen atoms in total. The molecule has 1 aliphatic rings. The summed E-state index contributed by atoms with van der Waals surface area (Å²) < 4.78 is 20.9. The van der Waals surface area contributed by atoms with Crippen molar-refractivity contribution in [2.45, 2.75) is 57.4 Å². The Bertz CT molecular complexity index is 1110. The molecule has 0 amide bonds. The molecule has 1 fully saturated rings. The molecule has 0 saturated carbocycles. The molecule has 0 bridgehead atoms. The van der Waals surface area contributed by atoms with E-state index >= 15 is 0 Å². The first kappa shape index (κ1) is 27.7. The summed E-state index contributed by atoms with van der Waals surface area (Å²) in [6.07, 6.45) is -7.34. The first-order chi connectivity index (χ1) is 17.5. The molecule has 200 valence electrons. The number of rotatable bonds is 9. The van der Waals surface area contributed by atoms with Gasteiger partial charge in [-0.25, -0.2) is 0 Å². The van der Waals surface area contributed by atoms with Gasteiger partial charge < -0.3 is 44.5 Å². The number of ketones is 1. The number of Topliss-reactive ketones (excluding diaryl/α,β-unsaturated/α-hetero) is 1. The third kappa shape index (κ3) is 7.09. The number of hydrogen-bond donors (Lipinski definition) is 5. The highest BCUT2D eigenvalue weighted by Gasteiger charge is 2.48. The van der Waals surface area contributed by atoms with E-state index in [1.165, 1.54) is 12.1 Å². The van der Waals surface area contributed by atoms with Gasteiger partial charge in [0.15, 0.2) is 18.0 Å². The lowest BCUT2D eigenvalue weighted by Gasteiger charge is -2.41. The fraction of sp³-hybridized carbons (Fsp3) is 0.400.